The first-order valence-electron chi connectivity index (χ1n) is 6.47. The Labute approximate surface area is 127 Å². The van der Waals surface area contributed by atoms with Crippen molar-refractivity contribution in [2.24, 2.45) is 0 Å². The Balaban J connectivity index is 2.08. The van der Waals surface area contributed by atoms with Gasteiger partial charge in [0.05, 0.1) is 7.11 Å². The maximum absolute atomic E-state index is 12.4. The summed E-state index contributed by atoms with van der Waals surface area (Å²) in [5.41, 5.74) is 2.21. The molecule has 3 aromatic rings. The summed E-state index contributed by atoms with van der Waals surface area (Å²) >= 11 is 6.02. The van der Waals surface area contributed by atoms with E-state index < -0.39 is 0 Å². The van der Waals surface area contributed by atoms with Crippen molar-refractivity contribution in [3.05, 3.63) is 64.4 Å². The molecule has 0 aliphatic heterocycles. The number of furan rings is 1. The molecule has 21 heavy (non-hydrogen) atoms. The number of rotatable bonds is 3. The number of halogens is 1. The van der Waals surface area contributed by atoms with Crippen LogP contribution in [0.5, 0.6) is 5.75 Å². The molecule has 3 rings (SSSR count). The summed E-state index contributed by atoms with van der Waals surface area (Å²) in [7, 11) is 1.54. The van der Waals surface area contributed by atoms with Crippen molar-refractivity contribution in [1.29, 1.82) is 0 Å². The molecule has 1 aromatic heterocycles. The molecule has 0 N–H and O–H groups in total. The van der Waals surface area contributed by atoms with Crippen LogP contribution < -0.4 is 4.74 Å². The SMILES string of the molecule is COc1cc(Cl)cc2cc(C(=O)c3ccc(C)cc3)oc12. The molecule has 0 aliphatic carbocycles. The van der Waals surface area contributed by atoms with Gasteiger partial charge in [-0.15, -0.1) is 0 Å². The fourth-order valence-electron chi connectivity index (χ4n) is 2.20. The van der Waals surface area contributed by atoms with Gasteiger partial charge in [0, 0.05) is 22.0 Å². The number of ether oxygens (including phenoxy) is 1. The molecular weight excluding hydrogens is 288 g/mol. The highest BCUT2D eigenvalue weighted by Gasteiger charge is 2.17. The van der Waals surface area contributed by atoms with Crippen LogP contribution in [0, 0.1) is 6.92 Å². The lowest BCUT2D eigenvalue weighted by atomic mass is 10.1. The minimum absolute atomic E-state index is 0.163. The zero-order valence-electron chi connectivity index (χ0n) is 11.6. The summed E-state index contributed by atoms with van der Waals surface area (Å²) in [6.45, 7) is 1.97. The Morgan fingerprint density at radius 3 is 2.52 bits per heavy atom. The lowest BCUT2D eigenvalue weighted by Crippen LogP contribution is -1.98. The highest BCUT2D eigenvalue weighted by Crippen LogP contribution is 2.33. The van der Waals surface area contributed by atoms with E-state index in [0.29, 0.717) is 21.9 Å². The Morgan fingerprint density at radius 1 is 1.14 bits per heavy atom. The van der Waals surface area contributed by atoms with E-state index in [1.165, 1.54) is 7.11 Å². The molecule has 1 heterocycles. The van der Waals surface area contributed by atoms with Gasteiger partial charge in [-0.1, -0.05) is 41.4 Å². The summed E-state index contributed by atoms with van der Waals surface area (Å²) in [4.78, 5) is 12.4. The fourth-order valence-corrected chi connectivity index (χ4v) is 2.41. The van der Waals surface area contributed by atoms with Crippen molar-refractivity contribution in [1.82, 2.24) is 0 Å². The van der Waals surface area contributed by atoms with Gasteiger partial charge in [0.1, 0.15) is 0 Å². The minimum atomic E-state index is -0.163. The van der Waals surface area contributed by atoms with Gasteiger partial charge in [0.2, 0.25) is 5.78 Å². The Bertz CT molecular complexity index is 816. The van der Waals surface area contributed by atoms with Crippen molar-refractivity contribution in [2.75, 3.05) is 7.11 Å². The van der Waals surface area contributed by atoms with E-state index in [4.69, 9.17) is 20.8 Å². The van der Waals surface area contributed by atoms with Crippen molar-refractivity contribution < 1.29 is 13.9 Å². The molecule has 3 nitrogen and oxygen atoms in total. The number of aryl methyl sites for hydroxylation is 1. The largest absolute Gasteiger partial charge is 0.493 e. The molecule has 106 valence electrons. The normalized spacial score (nSPS) is 10.8. The maximum atomic E-state index is 12.4. The van der Waals surface area contributed by atoms with Crippen LogP contribution in [-0.2, 0) is 0 Å². The topological polar surface area (TPSA) is 39.4 Å². The molecule has 0 spiro atoms. The summed E-state index contributed by atoms with van der Waals surface area (Å²) < 4.78 is 10.9. The van der Waals surface area contributed by atoms with E-state index in [-0.39, 0.29) is 11.5 Å². The first-order chi connectivity index (χ1) is 10.1. The van der Waals surface area contributed by atoms with Gasteiger partial charge in [0.25, 0.3) is 0 Å². The molecule has 4 heteroatoms. The Hall–Kier alpha value is -2.26. The van der Waals surface area contributed by atoms with E-state index in [9.17, 15) is 4.79 Å². The van der Waals surface area contributed by atoms with Gasteiger partial charge in [-0.2, -0.15) is 0 Å². The van der Waals surface area contributed by atoms with E-state index >= 15 is 0 Å². The van der Waals surface area contributed by atoms with Crippen molar-refractivity contribution in [3.8, 4) is 5.75 Å². The fraction of sp³-hybridized carbons (Fsp3) is 0.118. The minimum Gasteiger partial charge on any atom is -0.493 e. The van der Waals surface area contributed by atoms with Crippen LogP contribution in [-0.4, -0.2) is 12.9 Å². The van der Waals surface area contributed by atoms with Crippen LogP contribution in [0.3, 0.4) is 0 Å². The highest BCUT2D eigenvalue weighted by atomic mass is 35.5. The second-order valence-electron chi connectivity index (χ2n) is 4.83. The maximum Gasteiger partial charge on any atom is 0.228 e. The third-order valence-corrected chi connectivity index (χ3v) is 3.52. The zero-order chi connectivity index (χ0) is 15.0. The quantitative estimate of drug-likeness (QED) is 0.662. The van der Waals surface area contributed by atoms with Crippen molar-refractivity contribution >= 4 is 28.4 Å². The molecule has 0 saturated carbocycles. The summed E-state index contributed by atoms with van der Waals surface area (Å²) in [5.74, 6) is 0.624. The second kappa shape index (κ2) is 5.26. The standard InChI is InChI=1S/C17H13ClO3/c1-10-3-5-11(6-4-10)16(19)14-8-12-7-13(18)9-15(20-2)17(12)21-14/h3-9H,1-2H3. The van der Waals surface area contributed by atoms with Gasteiger partial charge in [0.15, 0.2) is 17.1 Å². The van der Waals surface area contributed by atoms with Crippen LogP contribution in [0.1, 0.15) is 21.7 Å². The molecular formula is C17H13ClO3. The molecule has 0 unspecified atom stereocenters. The van der Waals surface area contributed by atoms with Crippen LogP contribution in [0.2, 0.25) is 5.02 Å². The van der Waals surface area contributed by atoms with Crippen molar-refractivity contribution in [2.45, 2.75) is 6.92 Å². The van der Waals surface area contributed by atoms with Crippen molar-refractivity contribution in [3.63, 3.8) is 0 Å². The van der Waals surface area contributed by atoms with Crippen LogP contribution >= 0.6 is 11.6 Å². The molecule has 2 aromatic carbocycles. The van der Waals surface area contributed by atoms with E-state index in [1.807, 2.05) is 19.1 Å². The molecule has 0 fully saturated rings. The Morgan fingerprint density at radius 2 is 1.86 bits per heavy atom. The van der Waals surface area contributed by atoms with E-state index in [2.05, 4.69) is 0 Å². The molecule has 0 aliphatic rings. The number of benzene rings is 2. The predicted molar refractivity (Wildman–Crippen MR) is 82.4 cm³/mol. The first kappa shape index (κ1) is 13.7. The molecule has 0 amide bonds. The van der Waals surface area contributed by atoms with Crippen LogP contribution in [0.4, 0.5) is 0 Å². The summed E-state index contributed by atoms with van der Waals surface area (Å²) in [6.07, 6.45) is 0. The van der Waals surface area contributed by atoms with Gasteiger partial charge < -0.3 is 9.15 Å². The average Bonchev–Trinajstić information content (AvgIpc) is 2.90. The van der Waals surface area contributed by atoms with Crippen LogP contribution in [0.15, 0.2) is 46.9 Å². The monoisotopic (exact) mass is 300 g/mol. The molecule has 0 atom stereocenters. The molecule has 0 radical (unpaired) electrons. The van der Waals surface area contributed by atoms with Gasteiger partial charge in [-0.25, -0.2) is 0 Å². The predicted octanol–water partition coefficient (Wildman–Crippen LogP) is 4.63. The second-order valence-corrected chi connectivity index (χ2v) is 5.27. The number of hydrogen-bond donors (Lipinski definition) is 0. The van der Waals surface area contributed by atoms with Gasteiger partial charge >= 0.3 is 0 Å². The summed E-state index contributed by atoms with van der Waals surface area (Å²) in [6, 6.07) is 12.5. The lowest BCUT2D eigenvalue weighted by molar-refractivity contribution is 0.101. The average molecular weight is 301 g/mol. The van der Waals surface area contributed by atoms with Gasteiger partial charge in [-0.05, 0) is 19.1 Å². The number of ketones is 1. The van der Waals surface area contributed by atoms with E-state index in [0.717, 1.165) is 10.9 Å². The number of methoxy groups -OCH3 is 1. The third kappa shape index (κ3) is 2.52. The number of carbonyl (C=O) groups excluding carboxylic acids is 1. The number of carbonyl (C=O) groups is 1. The van der Waals surface area contributed by atoms with E-state index in [1.54, 1.807) is 30.3 Å². The van der Waals surface area contributed by atoms with Gasteiger partial charge in [-0.3, -0.25) is 4.79 Å². The number of hydrogen-bond acceptors (Lipinski definition) is 3. The molecule has 0 bridgehead atoms. The Kier molecular flexibility index (Phi) is 3.43. The first-order valence-corrected chi connectivity index (χ1v) is 6.85. The molecule has 0 saturated heterocycles. The summed E-state index contributed by atoms with van der Waals surface area (Å²) in [5, 5.41) is 1.28. The third-order valence-electron chi connectivity index (χ3n) is 3.30. The lowest BCUT2D eigenvalue weighted by Gasteiger charge is -2.01. The van der Waals surface area contributed by atoms with Crippen LogP contribution in [0.25, 0.3) is 11.0 Å². The highest BCUT2D eigenvalue weighted by molar-refractivity contribution is 6.31. The number of fused-ring (bicyclic) bond motifs is 1. The zero-order valence-corrected chi connectivity index (χ0v) is 12.4. The smallest absolute Gasteiger partial charge is 0.228 e.